The normalized spacial score (nSPS) is 19.6. The molecule has 0 saturated carbocycles. The molecule has 0 amide bonds. The molecule has 1 N–H and O–H groups in total. The molecular weight excluding hydrogens is 304 g/mol. The van der Waals surface area contributed by atoms with Crippen LogP contribution in [0, 0.1) is 39.9 Å². The highest BCUT2D eigenvalue weighted by atomic mass is 16.3. The van der Waals surface area contributed by atoms with E-state index in [0.29, 0.717) is 41.1 Å². The molecule has 0 aromatic heterocycles. The molecule has 0 aromatic rings. The van der Waals surface area contributed by atoms with E-state index >= 15 is 0 Å². The minimum atomic E-state index is 0.0167. The summed E-state index contributed by atoms with van der Waals surface area (Å²) in [6, 6.07) is 0. The number of hydrogen-bond donors (Lipinski definition) is 1. The molecule has 4 unspecified atom stereocenters. The standard InChI is InChI=1S/C24H50O/c1-12-19(5)24(11,17-25)20(6)21(14-15-22(7,8)13-2)16-23(9,10)18(3)4/h18-21,25H,12-17H2,1-11H3. The zero-order valence-corrected chi connectivity index (χ0v) is 19.5. The van der Waals surface area contributed by atoms with Crippen molar-refractivity contribution in [1.29, 1.82) is 0 Å². The molecule has 4 atom stereocenters. The van der Waals surface area contributed by atoms with Crippen LogP contribution < -0.4 is 0 Å². The Hall–Kier alpha value is -0.0400. The predicted molar refractivity (Wildman–Crippen MR) is 114 cm³/mol. The van der Waals surface area contributed by atoms with Gasteiger partial charge in [0.1, 0.15) is 0 Å². The smallest absolute Gasteiger partial charge is 0.0489 e. The van der Waals surface area contributed by atoms with Crippen LogP contribution in [0.3, 0.4) is 0 Å². The highest BCUT2D eigenvalue weighted by molar-refractivity contribution is 4.90. The van der Waals surface area contributed by atoms with Gasteiger partial charge in [0.15, 0.2) is 0 Å². The zero-order valence-electron chi connectivity index (χ0n) is 19.5. The van der Waals surface area contributed by atoms with Crippen molar-refractivity contribution in [3.05, 3.63) is 0 Å². The van der Waals surface area contributed by atoms with Gasteiger partial charge in [-0.1, -0.05) is 89.0 Å². The maximum Gasteiger partial charge on any atom is 0.0489 e. The Kier molecular flexibility index (Phi) is 9.75. The molecule has 0 aliphatic heterocycles. The van der Waals surface area contributed by atoms with Gasteiger partial charge in [0.25, 0.3) is 0 Å². The Labute approximate surface area is 160 Å². The molecule has 0 aliphatic rings. The summed E-state index contributed by atoms with van der Waals surface area (Å²) < 4.78 is 0. The van der Waals surface area contributed by atoms with Crippen LogP contribution in [0.25, 0.3) is 0 Å². The largest absolute Gasteiger partial charge is 0.396 e. The molecule has 0 rings (SSSR count). The summed E-state index contributed by atoms with van der Waals surface area (Å²) in [6.07, 6.45) is 6.21. The molecular formula is C24H50O. The van der Waals surface area contributed by atoms with Crippen molar-refractivity contribution < 1.29 is 5.11 Å². The number of aliphatic hydroxyl groups excluding tert-OH is 1. The molecule has 0 heterocycles. The monoisotopic (exact) mass is 354 g/mol. The zero-order chi connectivity index (χ0) is 20.1. The summed E-state index contributed by atoms with van der Waals surface area (Å²) in [4.78, 5) is 0. The lowest BCUT2D eigenvalue weighted by atomic mass is 9.59. The first-order valence-electron chi connectivity index (χ1n) is 10.9. The van der Waals surface area contributed by atoms with Crippen molar-refractivity contribution in [2.45, 2.75) is 108 Å². The van der Waals surface area contributed by atoms with Gasteiger partial charge < -0.3 is 5.11 Å². The van der Waals surface area contributed by atoms with Crippen LogP contribution in [0.2, 0.25) is 0 Å². The molecule has 0 aliphatic carbocycles. The van der Waals surface area contributed by atoms with E-state index in [1.165, 1.54) is 25.7 Å². The van der Waals surface area contributed by atoms with Crippen molar-refractivity contribution in [1.82, 2.24) is 0 Å². The molecule has 0 fully saturated rings. The van der Waals surface area contributed by atoms with E-state index in [0.717, 1.165) is 6.42 Å². The Morgan fingerprint density at radius 1 is 0.880 bits per heavy atom. The number of aliphatic hydroxyl groups is 1. The Morgan fingerprint density at radius 3 is 1.76 bits per heavy atom. The van der Waals surface area contributed by atoms with Crippen molar-refractivity contribution in [3.63, 3.8) is 0 Å². The first-order valence-corrected chi connectivity index (χ1v) is 10.9. The second-order valence-corrected chi connectivity index (χ2v) is 10.9. The first kappa shape index (κ1) is 25.0. The first-order chi connectivity index (χ1) is 11.3. The van der Waals surface area contributed by atoms with Crippen LogP contribution in [0.4, 0.5) is 0 Å². The lowest BCUT2D eigenvalue weighted by Gasteiger charge is -2.46. The number of hydrogen-bond acceptors (Lipinski definition) is 1. The van der Waals surface area contributed by atoms with Gasteiger partial charge in [0.05, 0.1) is 0 Å². The Morgan fingerprint density at radius 2 is 1.40 bits per heavy atom. The molecule has 0 radical (unpaired) electrons. The van der Waals surface area contributed by atoms with Crippen LogP contribution in [0.5, 0.6) is 0 Å². The van der Waals surface area contributed by atoms with Gasteiger partial charge in [-0.3, -0.25) is 0 Å². The van der Waals surface area contributed by atoms with Crippen molar-refractivity contribution in [3.8, 4) is 0 Å². The van der Waals surface area contributed by atoms with Crippen LogP contribution in [0.15, 0.2) is 0 Å². The average Bonchev–Trinajstić information content (AvgIpc) is 2.56. The summed E-state index contributed by atoms with van der Waals surface area (Å²) in [5.74, 6) is 2.45. The Bertz CT molecular complexity index is 368. The molecule has 0 aromatic carbocycles. The van der Waals surface area contributed by atoms with Crippen LogP contribution in [0.1, 0.15) is 108 Å². The van der Waals surface area contributed by atoms with Gasteiger partial charge in [0.2, 0.25) is 0 Å². The van der Waals surface area contributed by atoms with Crippen LogP contribution in [-0.4, -0.2) is 11.7 Å². The van der Waals surface area contributed by atoms with E-state index in [2.05, 4.69) is 76.2 Å². The number of rotatable bonds is 12. The van der Waals surface area contributed by atoms with E-state index in [-0.39, 0.29) is 5.41 Å². The van der Waals surface area contributed by atoms with Crippen molar-refractivity contribution in [2.24, 2.45) is 39.9 Å². The van der Waals surface area contributed by atoms with Gasteiger partial charge in [-0.15, -0.1) is 0 Å². The minimum absolute atomic E-state index is 0.0167. The highest BCUT2D eigenvalue weighted by Gasteiger charge is 2.41. The molecule has 25 heavy (non-hydrogen) atoms. The molecule has 1 nitrogen and oxygen atoms in total. The molecule has 0 spiro atoms. The van der Waals surface area contributed by atoms with Gasteiger partial charge in [-0.25, -0.2) is 0 Å². The predicted octanol–water partition coefficient (Wildman–Crippen LogP) is 7.57. The van der Waals surface area contributed by atoms with E-state index in [9.17, 15) is 5.11 Å². The summed E-state index contributed by atoms with van der Waals surface area (Å²) in [5.41, 5.74) is 0.788. The minimum Gasteiger partial charge on any atom is -0.396 e. The summed E-state index contributed by atoms with van der Waals surface area (Å²) in [6.45, 7) is 26.3. The lowest BCUT2D eigenvalue weighted by molar-refractivity contribution is -0.0141. The third-order valence-electron chi connectivity index (χ3n) is 8.33. The fraction of sp³-hybridized carbons (Fsp3) is 1.00. The SMILES string of the molecule is CCC(C)C(C)(CO)C(C)C(CCC(C)(C)CC)CC(C)(C)C(C)C. The summed E-state index contributed by atoms with van der Waals surface area (Å²) in [5, 5.41) is 10.3. The van der Waals surface area contributed by atoms with E-state index in [1.54, 1.807) is 0 Å². The van der Waals surface area contributed by atoms with Gasteiger partial charge in [-0.05, 0) is 59.2 Å². The molecule has 0 bridgehead atoms. The molecule has 0 saturated heterocycles. The summed E-state index contributed by atoms with van der Waals surface area (Å²) in [7, 11) is 0. The maximum atomic E-state index is 10.3. The maximum absolute atomic E-state index is 10.3. The fourth-order valence-electron chi connectivity index (χ4n) is 3.95. The van der Waals surface area contributed by atoms with Gasteiger partial charge >= 0.3 is 0 Å². The molecule has 1 heteroatoms. The topological polar surface area (TPSA) is 20.2 Å². The molecule has 152 valence electrons. The van der Waals surface area contributed by atoms with E-state index < -0.39 is 0 Å². The van der Waals surface area contributed by atoms with Crippen molar-refractivity contribution in [2.75, 3.05) is 6.61 Å². The van der Waals surface area contributed by atoms with Crippen molar-refractivity contribution >= 4 is 0 Å². The highest BCUT2D eigenvalue weighted by Crippen LogP contribution is 2.48. The summed E-state index contributed by atoms with van der Waals surface area (Å²) >= 11 is 0. The lowest BCUT2D eigenvalue weighted by Crippen LogP contribution is -2.41. The van der Waals surface area contributed by atoms with Gasteiger partial charge in [0, 0.05) is 6.61 Å². The average molecular weight is 355 g/mol. The van der Waals surface area contributed by atoms with Gasteiger partial charge in [-0.2, -0.15) is 0 Å². The second-order valence-electron chi connectivity index (χ2n) is 10.9. The second kappa shape index (κ2) is 9.77. The Balaban J connectivity index is 5.54. The van der Waals surface area contributed by atoms with E-state index in [1.807, 2.05) is 0 Å². The van der Waals surface area contributed by atoms with E-state index in [4.69, 9.17) is 0 Å². The van der Waals surface area contributed by atoms with Crippen LogP contribution in [-0.2, 0) is 0 Å². The van der Waals surface area contributed by atoms with Crippen LogP contribution >= 0.6 is 0 Å². The fourth-order valence-corrected chi connectivity index (χ4v) is 3.95. The third kappa shape index (κ3) is 6.89. The quantitative estimate of drug-likeness (QED) is 0.383. The third-order valence-corrected chi connectivity index (χ3v) is 8.33.